The second kappa shape index (κ2) is 8.66. The van der Waals surface area contributed by atoms with Crippen molar-refractivity contribution in [3.63, 3.8) is 0 Å². The van der Waals surface area contributed by atoms with Gasteiger partial charge in [-0.05, 0) is 34.4 Å². The molecule has 2 N–H and O–H groups in total. The van der Waals surface area contributed by atoms with Gasteiger partial charge in [0.05, 0.1) is 0 Å². The van der Waals surface area contributed by atoms with Crippen molar-refractivity contribution in [2.24, 2.45) is 0 Å². The molecule has 0 aliphatic heterocycles. The molecule has 0 spiro atoms. The van der Waals surface area contributed by atoms with Crippen LogP contribution in [0.4, 0.5) is 0 Å². The summed E-state index contributed by atoms with van der Waals surface area (Å²) in [4.78, 5) is 13.0. The molecule has 0 atom stereocenters. The molecule has 30 heavy (non-hydrogen) atoms. The molecule has 0 saturated heterocycles. The normalized spacial score (nSPS) is 10.7. The number of phenols is 2. The minimum absolute atomic E-state index is 0.0701. The molecule has 4 aromatic rings. The van der Waals surface area contributed by atoms with Gasteiger partial charge in [-0.1, -0.05) is 84.9 Å². The first kappa shape index (κ1) is 19.5. The van der Waals surface area contributed by atoms with Gasteiger partial charge in [-0.25, -0.2) is 0 Å². The number of hydrogen-bond donors (Lipinski definition) is 2. The van der Waals surface area contributed by atoms with Crippen LogP contribution in [0.25, 0.3) is 22.3 Å². The maximum atomic E-state index is 13.0. The number of hydrogen-bond acceptors (Lipinski definition) is 3. The van der Waals surface area contributed by atoms with Gasteiger partial charge < -0.3 is 10.2 Å². The fraction of sp³-hybridized carbons (Fsp3) is 0.0741. The van der Waals surface area contributed by atoms with E-state index in [0.717, 1.165) is 33.4 Å². The molecule has 0 saturated carbocycles. The van der Waals surface area contributed by atoms with Crippen molar-refractivity contribution >= 4 is 5.78 Å². The van der Waals surface area contributed by atoms with Gasteiger partial charge in [0.2, 0.25) is 0 Å². The summed E-state index contributed by atoms with van der Waals surface area (Å²) in [6, 6.07) is 29.6. The van der Waals surface area contributed by atoms with Crippen molar-refractivity contribution in [2.45, 2.75) is 12.8 Å². The summed E-state index contributed by atoms with van der Waals surface area (Å²) in [7, 11) is 0. The van der Waals surface area contributed by atoms with Gasteiger partial charge in [0.1, 0.15) is 17.3 Å². The SMILES string of the molecule is O=C(Cc1ccccc1-c1ccccc1O)Cc1ccccc1-c1ccccc1O. The first-order chi connectivity index (χ1) is 14.6. The molecule has 0 aliphatic carbocycles. The highest BCUT2D eigenvalue weighted by molar-refractivity contribution is 5.88. The molecular weight excluding hydrogens is 372 g/mol. The third-order valence-electron chi connectivity index (χ3n) is 5.20. The number of benzene rings is 4. The minimum atomic E-state index is 0.0701. The van der Waals surface area contributed by atoms with Gasteiger partial charge >= 0.3 is 0 Å². The third kappa shape index (κ3) is 4.11. The molecule has 0 heterocycles. The lowest BCUT2D eigenvalue weighted by Crippen LogP contribution is -2.08. The van der Waals surface area contributed by atoms with E-state index in [1.165, 1.54) is 0 Å². The summed E-state index contributed by atoms with van der Waals surface area (Å²) in [5, 5.41) is 20.5. The Morgan fingerprint density at radius 1 is 0.500 bits per heavy atom. The Kier molecular flexibility index (Phi) is 5.62. The van der Waals surface area contributed by atoms with Crippen LogP contribution >= 0.6 is 0 Å². The summed E-state index contributed by atoms with van der Waals surface area (Å²) in [5.74, 6) is 0.463. The summed E-state index contributed by atoms with van der Waals surface area (Å²) in [5.41, 5.74) is 4.91. The largest absolute Gasteiger partial charge is 0.507 e. The van der Waals surface area contributed by atoms with Gasteiger partial charge in [0.25, 0.3) is 0 Å². The molecule has 0 fully saturated rings. The molecular formula is C27H22O3. The van der Waals surface area contributed by atoms with Crippen molar-refractivity contribution in [3.8, 4) is 33.8 Å². The fourth-order valence-electron chi connectivity index (χ4n) is 3.76. The van der Waals surface area contributed by atoms with Crippen LogP contribution in [-0.4, -0.2) is 16.0 Å². The average Bonchev–Trinajstić information content (AvgIpc) is 2.76. The van der Waals surface area contributed by atoms with Crippen LogP contribution in [0, 0.1) is 0 Å². The number of carbonyl (C=O) groups is 1. The topological polar surface area (TPSA) is 57.5 Å². The summed E-state index contributed by atoms with van der Waals surface area (Å²) in [6.45, 7) is 0. The molecule has 0 aliphatic rings. The van der Waals surface area contributed by atoms with Crippen molar-refractivity contribution < 1.29 is 15.0 Å². The zero-order valence-electron chi connectivity index (χ0n) is 16.5. The number of rotatable bonds is 6. The fourth-order valence-corrected chi connectivity index (χ4v) is 3.76. The van der Waals surface area contributed by atoms with Gasteiger partial charge in [-0.15, -0.1) is 0 Å². The lowest BCUT2D eigenvalue weighted by Gasteiger charge is -2.13. The predicted molar refractivity (Wildman–Crippen MR) is 120 cm³/mol. The molecule has 0 aromatic heterocycles. The van der Waals surface area contributed by atoms with Crippen LogP contribution in [0.5, 0.6) is 11.5 Å². The second-order valence-electron chi connectivity index (χ2n) is 7.24. The first-order valence-electron chi connectivity index (χ1n) is 9.87. The van der Waals surface area contributed by atoms with E-state index in [2.05, 4.69) is 0 Å². The lowest BCUT2D eigenvalue weighted by molar-refractivity contribution is -0.117. The van der Waals surface area contributed by atoms with E-state index >= 15 is 0 Å². The lowest BCUT2D eigenvalue weighted by atomic mass is 9.92. The highest BCUT2D eigenvalue weighted by Crippen LogP contribution is 2.33. The number of carbonyl (C=O) groups excluding carboxylic acids is 1. The number of ketones is 1. The molecule has 4 rings (SSSR count). The molecule has 3 heteroatoms. The van der Waals surface area contributed by atoms with E-state index in [1.807, 2.05) is 72.8 Å². The summed E-state index contributed by atoms with van der Waals surface area (Å²) < 4.78 is 0. The van der Waals surface area contributed by atoms with E-state index in [9.17, 15) is 15.0 Å². The molecule has 148 valence electrons. The van der Waals surface area contributed by atoms with Crippen LogP contribution in [0.2, 0.25) is 0 Å². The summed E-state index contributed by atoms with van der Waals surface area (Å²) >= 11 is 0. The number of Topliss-reactive ketones (excluding diaryl/α,β-unsaturated/α-hetero) is 1. The zero-order chi connectivity index (χ0) is 20.9. The molecule has 4 aromatic carbocycles. The minimum Gasteiger partial charge on any atom is -0.507 e. The van der Waals surface area contributed by atoms with Crippen molar-refractivity contribution in [3.05, 3.63) is 108 Å². The van der Waals surface area contributed by atoms with Crippen LogP contribution in [-0.2, 0) is 17.6 Å². The van der Waals surface area contributed by atoms with Crippen molar-refractivity contribution in [1.82, 2.24) is 0 Å². The standard InChI is InChI=1S/C27H22O3/c28-21(17-19-9-1-3-11-22(19)24-13-5-7-15-26(24)29)18-20-10-2-4-12-23(20)25-14-6-8-16-27(25)30/h1-16,29-30H,17-18H2. The quantitative estimate of drug-likeness (QED) is 0.435. The third-order valence-corrected chi connectivity index (χ3v) is 5.20. The molecule has 0 unspecified atom stereocenters. The number of aromatic hydroxyl groups is 2. The summed E-state index contributed by atoms with van der Waals surface area (Å²) in [6.07, 6.45) is 0.527. The van der Waals surface area contributed by atoms with Crippen molar-refractivity contribution in [2.75, 3.05) is 0 Å². The number of phenolic OH excluding ortho intramolecular Hbond substituents is 2. The maximum absolute atomic E-state index is 13.0. The Bertz CT molecular complexity index is 1100. The Morgan fingerprint density at radius 3 is 1.23 bits per heavy atom. The van der Waals surface area contributed by atoms with Gasteiger partial charge in [-0.3, -0.25) is 4.79 Å². The highest BCUT2D eigenvalue weighted by atomic mass is 16.3. The maximum Gasteiger partial charge on any atom is 0.141 e. The highest BCUT2D eigenvalue weighted by Gasteiger charge is 2.15. The van der Waals surface area contributed by atoms with Crippen LogP contribution in [0.1, 0.15) is 11.1 Å². The first-order valence-corrected chi connectivity index (χ1v) is 9.87. The molecule has 0 amide bonds. The molecule has 0 bridgehead atoms. The molecule has 0 radical (unpaired) electrons. The zero-order valence-corrected chi connectivity index (χ0v) is 16.5. The van der Waals surface area contributed by atoms with E-state index in [4.69, 9.17) is 0 Å². The Balaban J connectivity index is 1.61. The van der Waals surface area contributed by atoms with Gasteiger partial charge in [-0.2, -0.15) is 0 Å². The smallest absolute Gasteiger partial charge is 0.141 e. The van der Waals surface area contributed by atoms with E-state index in [1.54, 1.807) is 24.3 Å². The van der Waals surface area contributed by atoms with Gasteiger partial charge in [0.15, 0.2) is 0 Å². The average molecular weight is 394 g/mol. The molecule has 3 nitrogen and oxygen atoms in total. The van der Waals surface area contributed by atoms with E-state index in [-0.39, 0.29) is 30.1 Å². The van der Waals surface area contributed by atoms with E-state index in [0.29, 0.717) is 0 Å². The van der Waals surface area contributed by atoms with Crippen LogP contribution in [0.3, 0.4) is 0 Å². The van der Waals surface area contributed by atoms with Crippen LogP contribution in [0.15, 0.2) is 97.1 Å². The Morgan fingerprint density at radius 2 is 0.833 bits per heavy atom. The van der Waals surface area contributed by atoms with Crippen molar-refractivity contribution in [1.29, 1.82) is 0 Å². The monoisotopic (exact) mass is 394 g/mol. The predicted octanol–water partition coefficient (Wildman–Crippen LogP) is 5.79. The Hall–Kier alpha value is -3.85. The Labute approximate surface area is 175 Å². The van der Waals surface area contributed by atoms with Crippen LogP contribution < -0.4 is 0 Å². The van der Waals surface area contributed by atoms with Gasteiger partial charge in [0, 0.05) is 24.0 Å². The second-order valence-corrected chi connectivity index (χ2v) is 7.24. The number of para-hydroxylation sites is 2. The van der Waals surface area contributed by atoms with E-state index < -0.39 is 0 Å².